The molecule has 0 fully saturated rings. The maximum absolute atomic E-state index is 12.4. The predicted octanol–water partition coefficient (Wildman–Crippen LogP) is 2.59. The summed E-state index contributed by atoms with van der Waals surface area (Å²) in [4.78, 5) is 2.51. The molecule has 0 atom stereocenters. The van der Waals surface area contributed by atoms with Crippen LogP contribution in [0.2, 0.25) is 0 Å². The summed E-state index contributed by atoms with van der Waals surface area (Å²) in [7, 11) is -3.70. The second kappa shape index (κ2) is 6.19. The van der Waals surface area contributed by atoms with Crippen molar-refractivity contribution in [3.05, 3.63) is 59.2 Å². The van der Waals surface area contributed by atoms with Gasteiger partial charge in [-0.2, -0.15) is 18.4 Å². The molecular formula is C16H19N3O2S. The van der Waals surface area contributed by atoms with Gasteiger partial charge in [-0.1, -0.05) is 24.3 Å². The fourth-order valence-corrected chi connectivity index (χ4v) is 3.19. The molecule has 0 aliphatic carbocycles. The van der Waals surface area contributed by atoms with Gasteiger partial charge in [0.05, 0.1) is 10.6 Å². The molecule has 5 nitrogen and oxygen atoms in total. The molecule has 0 amide bonds. The molecule has 0 saturated heterocycles. The standard InChI is InChI=1S/C16H19N3O2S/c1-11-7-8-12(2)16(9-11)22(20,21)19-18-13(3)14-5-4-6-15(17)10-14/h4-10,19H,17H2,1-3H3/b18-13-. The third-order valence-electron chi connectivity index (χ3n) is 3.27. The molecule has 0 spiro atoms. The van der Waals surface area contributed by atoms with Crippen molar-refractivity contribution in [3.8, 4) is 0 Å². The molecule has 0 unspecified atom stereocenters. The van der Waals surface area contributed by atoms with Crippen LogP contribution in [0.25, 0.3) is 0 Å². The number of benzene rings is 2. The number of hydrogen-bond acceptors (Lipinski definition) is 4. The highest BCUT2D eigenvalue weighted by molar-refractivity contribution is 7.89. The molecular weight excluding hydrogens is 298 g/mol. The average molecular weight is 317 g/mol. The Morgan fingerprint density at radius 2 is 1.86 bits per heavy atom. The van der Waals surface area contributed by atoms with Gasteiger partial charge in [0.25, 0.3) is 10.0 Å². The first-order chi connectivity index (χ1) is 10.3. The fraction of sp³-hybridized carbons (Fsp3) is 0.188. The van der Waals surface area contributed by atoms with Crippen LogP contribution in [-0.2, 0) is 10.0 Å². The minimum Gasteiger partial charge on any atom is -0.399 e. The number of hydrazone groups is 1. The van der Waals surface area contributed by atoms with E-state index in [1.165, 1.54) is 0 Å². The van der Waals surface area contributed by atoms with E-state index in [9.17, 15) is 8.42 Å². The molecule has 22 heavy (non-hydrogen) atoms. The molecule has 0 aliphatic heterocycles. The number of rotatable bonds is 4. The molecule has 6 heteroatoms. The summed E-state index contributed by atoms with van der Waals surface area (Å²) in [6, 6.07) is 12.4. The maximum atomic E-state index is 12.4. The van der Waals surface area contributed by atoms with Crippen LogP contribution in [0.5, 0.6) is 0 Å². The summed E-state index contributed by atoms with van der Waals surface area (Å²) in [5, 5.41) is 3.98. The van der Waals surface area contributed by atoms with Gasteiger partial charge in [0.1, 0.15) is 0 Å². The van der Waals surface area contributed by atoms with Crippen LogP contribution < -0.4 is 10.6 Å². The highest BCUT2D eigenvalue weighted by Gasteiger charge is 2.16. The molecule has 0 aromatic heterocycles. The van der Waals surface area contributed by atoms with Crippen molar-refractivity contribution in [2.45, 2.75) is 25.7 Å². The lowest BCUT2D eigenvalue weighted by atomic mass is 10.1. The van der Waals surface area contributed by atoms with E-state index in [4.69, 9.17) is 5.73 Å². The molecule has 0 radical (unpaired) electrons. The van der Waals surface area contributed by atoms with Crippen LogP contribution in [0.1, 0.15) is 23.6 Å². The van der Waals surface area contributed by atoms with Crippen molar-refractivity contribution < 1.29 is 8.42 Å². The summed E-state index contributed by atoms with van der Waals surface area (Å²) in [6.45, 7) is 5.32. The number of anilines is 1. The van der Waals surface area contributed by atoms with Gasteiger partial charge in [0, 0.05) is 5.69 Å². The highest BCUT2D eigenvalue weighted by Crippen LogP contribution is 2.16. The van der Waals surface area contributed by atoms with E-state index in [1.54, 1.807) is 44.2 Å². The SMILES string of the molecule is C/C(=N/NS(=O)(=O)c1cc(C)ccc1C)c1cccc(N)c1. The first-order valence-electron chi connectivity index (χ1n) is 6.79. The summed E-state index contributed by atoms with van der Waals surface area (Å²) in [6.07, 6.45) is 0. The van der Waals surface area contributed by atoms with Crippen LogP contribution in [0, 0.1) is 13.8 Å². The monoisotopic (exact) mass is 317 g/mol. The van der Waals surface area contributed by atoms with Gasteiger partial charge in [-0.15, -0.1) is 0 Å². The van der Waals surface area contributed by atoms with Crippen molar-refractivity contribution in [2.24, 2.45) is 5.10 Å². The number of nitrogens with zero attached hydrogens (tertiary/aromatic N) is 1. The van der Waals surface area contributed by atoms with E-state index in [0.717, 1.165) is 11.1 Å². The van der Waals surface area contributed by atoms with E-state index in [0.29, 0.717) is 17.0 Å². The number of sulfonamides is 1. The summed E-state index contributed by atoms with van der Waals surface area (Å²) in [5.74, 6) is 0. The molecule has 2 aromatic rings. The van der Waals surface area contributed by atoms with Crippen molar-refractivity contribution in [2.75, 3.05) is 5.73 Å². The van der Waals surface area contributed by atoms with Gasteiger partial charge in [-0.05, 0) is 55.7 Å². The Labute approximate surface area is 130 Å². The third kappa shape index (κ3) is 3.65. The lowest BCUT2D eigenvalue weighted by molar-refractivity contribution is 0.583. The van der Waals surface area contributed by atoms with E-state index >= 15 is 0 Å². The van der Waals surface area contributed by atoms with Crippen molar-refractivity contribution in [3.63, 3.8) is 0 Å². The zero-order valence-electron chi connectivity index (χ0n) is 12.8. The van der Waals surface area contributed by atoms with Gasteiger partial charge in [-0.3, -0.25) is 0 Å². The highest BCUT2D eigenvalue weighted by atomic mass is 32.2. The number of nitrogens with two attached hydrogens (primary N) is 1. The molecule has 2 rings (SSSR count). The molecule has 0 aliphatic rings. The zero-order chi connectivity index (χ0) is 16.3. The first kappa shape index (κ1) is 16.0. The lowest BCUT2D eigenvalue weighted by Crippen LogP contribution is -2.21. The van der Waals surface area contributed by atoms with E-state index < -0.39 is 10.0 Å². The van der Waals surface area contributed by atoms with Crippen LogP contribution in [0.4, 0.5) is 5.69 Å². The van der Waals surface area contributed by atoms with Crippen LogP contribution >= 0.6 is 0 Å². The second-order valence-electron chi connectivity index (χ2n) is 5.19. The third-order valence-corrected chi connectivity index (χ3v) is 4.62. The number of nitrogens with one attached hydrogen (secondary N) is 1. The van der Waals surface area contributed by atoms with E-state index in [1.807, 2.05) is 19.1 Å². The largest absolute Gasteiger partial charge is 0.399 e. The molecule has 2 aromatic carbocycles. The molecule has 0 heterocycles. The maximum Gasteiger partial charge on any atom is 0.276 e. The van der Waals surface area contributed by atoms with Gasteiger partial charge in [0.2, 0.25) is 0 Å². The van der Waals surface area contributed by atoms with Crippen molar-refractivity contribution in [1.82, 2.24) is 4.83 Å². The van der Waals surface area contributed by atoms with Crippen molar-refractivity contribution in [1.29, 1.82) is 0 Å². The topological polar surface area (TPSA) is 84.5 Å². The van der Waals surface area contributed by atoms with Gasteiger partial charge in [0.15, 0.2) is 0 Å². The molecule has 3 N–H and O–H groups in total. The molecule has 116 valence electrons. The quantitative estimate of drug-likeness (QED) is 0.516. The van der Waals surface area contributed by atoms with Crippen molar-refractivity contribution >= 4 is 21.4 Å². The molecule has 0 bridgehead atoms. The summed E-state index contributed by atoms with van der Waals surface area (Å²) < 4.78 is 24.7. The van der Waals surface area contributed by atoms with Crippen LogP contribution in [0.15, 0.2) is 52.5 Å². The summed E-state index contributed by atoms with van der Waals surface area (Å²) in [5.41, 5.74) is 9.18. The number of hydrogen-bond donors (Lipinski definition) is 2. The predicted molar refractivity (Wildman–Crippen MR) is 89.3 cm³/mol. The fourth-order valence-electron chi connectivity index (χ4n) is 2.00. The van der Waals surface area contributed by atoms with Crippen LogP contribution in [0.3, 0.4) is 0 Å². The smallest absolute Gasteiger partial charge is 0.276 e. The lowest BCUT2D eigenvalue weighted by Gasteiger charge is -2.09. The Morgan fingerprint density at radius 1 is 1.14 bits per heavy atom. The second-order valence-corrected chi connectivity index (χ2v) is 6.82. The Hall–Kier alpha value is -2.34. The Morgan fingerprint density at radius 3 is 2.55 bits per heavy atom. The number of nitrogen functional groups attached to an aromatic ring is 1. The average Bonchev–Trinajstić information content (AvgIpc) is 2.47. The Bertz CT molecular complexity index is 827. The van der Waals surface area contributed by atoms with Crippen LogP contribution in [-0.4, -0.2) is 14.1 Å². The Balaban J connectivity index is 2.29. The van der Waals surface area contributed by atoms with E-state index in [2.05, 4.69) is 9.93 Å². The number of aryl methyl sites for hydroxylation is 2. The van der Waals surface area contributed by atoms with Gasteiger partial charge < -0.3 is 5.73 Å². The zero-order valence-corrected chi connectivity index (χ0v) is 13.6. The summed E-state index contributed by atoms with van der Waals surface area (Å²) >= 11 is 0. The minimum absolute atomic E-state index is 0.233. The van der Waals surface area contributed by atoms with Gasteiger partial charge >= 0.3 is 0 Å². The minimum atomic E-state index is -3.70. The Kier molecular flexibility index (Phi) is 4.51. The first-order valence-corrected chi connectivity index (χ1v) is 8.27. The van der Waals surface area contributed by atoms with Gasteiger partial charge in [-0.25, -0.2) is 0 Å². The van der Waals surface area contributed by atoms with E-state index in [-0.39, 0.29) is 4.90 Å². The normalized spacial score (nSPS) is 12.2. The molecule has 0 saturated carbocycles.